The van der Waals surface area contributed by atoms with E-state index in [2.05, 4.69) is 25.0 Å². The summed E-state index contributed by atoms with van der Waals surface area (Å²) in [7, 11) is 1.32. The number of benzene rings is 2. The SMILES string of the molecule is COc1ccc(-c2cc(CN3Cc4[nH]c(-c5cccc(F)c5F)nc4C=N3)on2)c(OC(F)(F)F)c1. The van der Waals surface area contributed by atoms with Gasteiger partial charge in [0.1, 0.15) is 28.7 Å². The van der Waals surface area contributed by atoms with Gasteiger partial charge in [-0.25, -0.2) is 13.8 Å². The van der Waals surface area contributed by atoms with E-state index in [4.69, 9.17) is 9.26 Å². The van der Waals surface area contributed by atoms with Gasteiger partial charge in [-0.3, -0.25) is 5.01 Å². The molecule has 0 fully saturated rings. The van der Waals surface area contributed by atoms with Gasteiger partial charge in [-0.2, -0.15) is 5.10 Å². The van der Waals surface area contributed by atoms with Gasteiger partial charge < -0.3 is 19.0 Å². The lowest BCUT2D eigenvalue weighted by Crippen LogP contribution is -2.21. The Morgan fingerprint density at radius 3 is 2.72 bits per heavy atom. The van der Waals surface area contributed by atoms with Gasteiger partial charge in [0.05, 0.1) is 37.7 Å². The smallest absolute Gasteiger partial charge is 0.497 e. The van der Waals surface area contributed by atoms with Crippen LogP contribution in [0.4, 0.5) is 22.0 Å². The number of alkyl halides is 3. The van der Waals surface area contributed by atoms with Crippen molar-refractivity contribution < 1.29 is 35.9 Å². The summed E-state index contributed by atoms with van der Waals surface area (Å²) in [6, 6.07) is 9.22. The van der Waals surface area contributed by atoms with E-state index in [-0.39, 0.29) is 41.5 Å². The summed E-state index contributed by atoms with van der Waals surface area (Å²) in [4.78, 5) is 7.24. The third-order valence-corrected chi connectivity index (χ3v) is 5.29. The molecule has 2 aromatic heterocycles. The van der Waals surface area contributed by atoms with Gasteiger partial charge in [0.15, 0.2) is 17.4 Å². The van der Waals surface area contributed by atoms with Crippen LogP contribution in [0.1, 0.15) is 17.1 Å². The molecule has 5 rings (SSSR count). The molecular formula is C23H16F5N5O3. The molecule has 1 N–H and O–H groups in total. The van der Waals surface area contributed by atoms with E-state index in [9.17, 15) is 22.0 Å². The van der Waals surface area contributed by atoms with E-state index >= 15 is 0 Å². The molecule has 0 bridgehead atoms. The number of nitrogens with zero attached hydrogens (tertiary/aromatic N) is 4. The number of rotatable bonds is 6. The van der Waals surface area contributed by atoms with Crippen LogP contribution in [0, 0.1) is 11.6 Å². The van der Waals surface area contributed by atoms with Crippen molar-refractivity contribution in [2.45, 2.75) is 19.5 Å². The molecule has 0 saturated heterocycles. The molecule has 1 aliphatic heterocycles. The fourth-order valence-electron chi connectivity index (χ4n) is 3.67. The van der Waals surface area contributed by atoms with Crippen LogP contribution in [0.2, 0.25) is 0 Å². The largest absolute Gasteiger partial charge is 0.573 e. The van der Waals surface area contributed by atoms with Crippen molar-refractivity contribution in [3.05, 3.63) is 71.2 Å². The second-order valence-electron chi connectivity index (χ2n) is 7.71. The lowest BCUT2D eigenvalue weighted by atomic mass is 10.1. The van der Waals surface area contributed by atoms with Crippen LogP contribution >= 0.6 is 0 Å². The predicted molar refractivity (Wildman–Crippen MR) is 116 cm³/mol. The molecule has 3 heterocycles. The first-order valence-corrected chi connectivity index (χ1v) is 10.4. The van der Waals surface area contributed by atoms with Crippen molar-refractivity contribution >= 4 is 6.21 Å². The maximum Gasteiger partial charge on any atom is 0.573 e. The summed E-state index contributed by atoms with van der Waals surface area (Å²) in [6.07, 6.45) is -3.46. The third kappa shape index (κ3) is 4.72. The zero-order valence-electron chi connectivity index (χ0n) is 18.4. The molecule has 8 nitrogen and oxygen atoms in total. The number of nitrogens with one attached hydrogen (secondary N) is 1. The van der Waals surface area contributed by atoms with E-state index in [1.165, 1.54) is 43.7 Å². The average molecular weight is 505 g/mol. The topological polar surface area (TPSA) is 88.8 Å². The Bertz CT molecular complexity index is 1450. The van der Waals surface area contributed by atoms with Crippen LogP contribution in [-0.2, 0) is 13.1 Å². The van der Waals surface area contributed by atoms with Crippen LogP contribution in [0.5, 0.6) is 11.5 Å². The molecule has 0 atom stereocenters. The second-order valence-corrected chi connectivity index (χ2v) is 7.71. The second kappa shape index (κ2) is 8.98. The van der Waals surface area contributed by atoms with E-state index in [0.717, 1.165) is 12.1 Å². The van der Waals surface area contributed by atoms with Crippen molar-refractivity contribution in [2.75, 3.05) is 7.11 Å². The van der Waals surface area contributed by atoms with Crippen LogP contribution in [-0.4, -0.2) is 39.8 Å². The Labute approximate surface area is 199 Å². The zero-order valence-corrected chi connectivity index (χ0v) is 18.4. The molecule has 13 heteroatoms. The Morgan fingerprint density at radius 1 is 1.11 bits per heavy atom. The van der Waals surface area contributed by atoms with Gasteiger partial charge >= 0.3 is 6.36 Å². The summed E-state index contributed by atoms with van der Waals surface area (Å²) in [6.45, 7) is 0.355. The van der Waals surface area contributed by atoms with E-state index in [0.29, 0.717) is 17.1 Å². The molecule has 4 aromatic rings. The molecule has 2 aromatic carbocycles. The Balaban J connectivity index is 1.34. The van der Waals surface area contributed by atoms with Crippen LogP contribution < -0.4 is 9.47 Å². The molecule has 0 radical (unpaired) electrons. The molecule has 1 aliphatic rings. The van der Waals surface area contributed by atoms with Crippen molar-refractivity contribution in [1.29, 1.82) is 0 Å². The van der Waals surface area contributed by atoms with Crippen LogP contribution in [0.25, 0.3) is 22.6 Å². The predicted octanol–water partition coefficient (Wildman–Crippen LogP) is 5.27. The number of aromatic nitrogens is 3. The number of H-pyrrole nitrogens is 1. The summed E-state index contributed by atoms with van der Waals surface area (Å²) < 4.78 is 80.8. The molecule has 36 heavy (non-hydrogen) atoms. The number of methoxy groups -OCH3 is 1. The van der Waals surface area contributed by atoms with Gasteiger partial charge in [-0.15, -0.1) is 13.2 Å². The summed E-state index contributed by atoms with van der Waals surface area (Å²) in [5.41, 5.74) is 1.25. The van der Waals surface area contributed by atoms with Crippen molar-refractivity contribution in [2.24, 2.45) is 5.10 Å². The Hall–Kier alpha value is -4.42. The highest BCUT2D eigenvalue weighted by molar-refractivity contribution is 5.80. The lowest BCUT2D eigenvalue weighted by Gasteiger charge is -2.19. The summed E-state index contributed by atoms with van der Waals surface area (Å²) >= 11 is 0. The highest BCUT2D eigenvalue weighted by Crippen LogP contribution is 2.36. The first kappa shape index (κ1) is 23.3. The van der Waals surface area contributed by atoms with Crippen LogP contribution in [0.3, 0.4) is 0 Å². The first-order chi connectivity index (χ1) is 17.2. The molecule has 186 valence electrons. The number of ether oxygens (including phenoxy) is 2. The number of halogens is 5. The van der Waals surface area contributed by atoms with E-state index in [1.54, 1.807) is 5.01 Å². The van der Waals surface area contributed by atoms with E-state index < -0.39 is 23.7 Å². The first-order valence-electron chi connectivity index (χ1n) is 10.4. The monoisotopic (exact) mass is 505 g/mol. The highest BCUT2D eigenvalue weighted by Gasteiger charge is 2.33. The van der Waals surface area contributed by atoms with E-state index in [1.807, 2.05) is 0 Å². The van der Waals surface area contributed by atoms with Gasteiger partial charge in [-0.05, 0) is 24.3 Å². The van der Waals surface area contributed by atoms with Crippen molar-refractivity contribution in [1.82, 2.24) is 20.1 Å². The molecule has 0 unspecified atom stereocenters. The minimum Gasteiger partial charge on any atom is -0.497 e. The quantitative estimate of drug-likeness (QED) is 0.360. The highest BCUT2D eigenvalue weighted by atomic mass is 19.4. The fraction of sp³-hybridized carbons (Fsp3) is 0.174. The van der Waals surface area contributed by atoms with Crippen molar-refractivity contribution in [3.63, 3.8) is 0 Å². The van der Waals surface area contributed by atoms with Crippen LogP contribution in [0.15, 0.2) is 52.1 Å². The number of aromatic amines is 1. The number of imidazole rings is 1. The zero-order chi connectivity index (χ0) is 25.4. The van der Waals surface area contributed by atoms with Gasteiger partial charge in [0.25, 0.3) is 0 Å². The minimum absolute atomic E-state index is 0.0133. The normalized spacial score (nSPS) is 13.1. The Morgan fingerprint density at radius 2 is 1.94 bits per heavy atom. The standard InChI is InChI=1S/C23H16F5N5O3/c1-34-12-5-6-14(20(8-12)35-23(26,27)28)17-7-13(36-32-17)10-33-11-19-18(9-29-33)30-22(31-19)15-3-2-4-16(24)21(15)25/h2-9H,10-11H2,1H3,(H,30,31). The molecule has 0 amide bonds. The molecular weight excluding hydrogens is 489 g/mol. The van der Waals surface area contributed by atoms with Gasteiger partial charge in [0, 0.05) is 17.7 Å². The number of hydrazone groups is 1. The third-order valence-electron chi connectivity index (χ3n) is 5.29. The van der Waals surface area contributed by atoms with Gasteiger partial charge in [-0.1, -0.05) is 11.2 Å². The number of hydrogen-bond donors (Lipinski definition) is 1. The average Bonchev–Trinajstić information content (AvgIpc) is 3.46. The number of hydrogen-bond acceptors (Lipinski definition) is 7. The molecule has 0 saturated carbocycles. The maximum absolute atomic E-state index is 14.1. The Kier molecular flexibility index (Phi) is 5.82. The summed E-state index contributed by atoms with van der Waals surface area (Å²) in [5.74, 6) is -1.84. The van der Waals surface area contributed by atoms with Crippen molar-refractivity contribution in [3.8, 4) is 34.1 Å². The minimum atomic E-state index is -4.91. The summed E-state index contributed by atoms with van der Waals surface area (Å²) in [5, 5.41) is 9.71. The lowest BCUT2D eigenvalue weighted by molar-refractivity contribution is -0.274. The maximum atomic E-state index is 14.1. The molecule has 0 spiro atoms. The molecule has 0 aliphatic carbocycles. The fourth-order valence-corrected chi connectivity index (χ4v) is 3.67. The number of fused-ring (bicyclic) bond motifs is 1. The van der Waals surface area contributed by atoms with Gasteiger partial charge in [0.2, 0.25) is 0 Å².